The molecule has 1 saturated heterocycles. The van der Waals surface area contributed by atoms with Gasteiger partial charge in [0.15, 0.2) is 0 Å². The molecule has 5 nitrogen and oxygen atoms in total. The lowest BCUT2D eigenvalue weighted by Crippen LogP contribution is -2.37. The van der Waals surface area contributed by atoms with Gasteiger partial charge in [-0.05, 0) is 36.8 Å². The van der Waals surface area contributed by atoms with Crippen LogP contribution in [0.15, 0.2) is 24.3 Å². The van der Waals surface area contributed by atoms with Gasteiger partial charge in [-0.1, -0.05) is 30.7 Å². The first-order chi connectivity index (χ1) is 11.6. The smallest absolute Gasteiger partial charge is 0.223 e. The number of nitrogens with two attached hydrogens (primary N) is 1. The van der Waals surface area contributed by atoms with Crippen molar-refractivity contribution in [1.82, 2.24) is 10.2 Å². The Bertz CT molecular complexity index is 602. The van der Waals surface area contributed by atoms with E-state index >= 15 is 0 Å². The molecule has 1 heterocycles. The molecule has 0 radical (unpaired) electrons. The van der Waals surface area contributed by atoms with E-state index in [-0.39, 0.29) is 23.8 Å². The minimum Gasteiger partial charge on any atom is -0.352 e. The topological polar surface area (TPSA) is 75.4 Å². The zero-order valence-corrected chi connectivity index (χ0v) is 14.2. The van der Waals surface area contributed by atoms with Gasteiger partial charge in [0.1, 0.15) is 0 Å². The molecule has 3 N–H and O–H groups in total. The van der Waals surface area contributed by atoms with Crippen LogP contribution in [0.2, 0.25) is 0 Å². The van der Waals surface area contributed by atoms with Crippen molar-refractivity contribution in [2.45, 2.75) is 57.7 Å². The van der Waals surface area contributed by atoms with E-state index < -0.39 is 0 Å². The van der Waals surface area contributed by atoms with Crippen LogP contribution in [0.4, 0.5) is 0 Å². The number of benzene rings is 1. The van der Waals surface area contributed by atoms with Crippen molar-refractivity contribution < 1.29 is 9.59 Å². The highest BCUT2D eigenvalue weighted by molar-refractivity contribution is 5.79. The molecule has 1 aliphatic carbocycles. The van der Waals surface area contributed by atoms with Crippen molar-refractivity contribution in [2.75, 3.05) is 6.54 Å². The first-order valence-electron chi connectivity index (χ1n) is 9.01. The van der Waals surface area contributed by atoms with Gasteiger partial charge in [0.05, 0.1) is 0 Å². The number of carbonyl (C=O) groups excluding carboxylic acids is 2. The van der Waals surface area contributed by atoms with Crippen LogP contribution < -0.4 is 11.1 Å². The molecule has 0 unspecified atom stereocenters. The van der Waals surface area contributed by atoms with Gasteiger partial charge in [0.25, 0.3) is 0 Å². The number of hydrogen-bond donors (Lipinski definition) is 2. The molecule has 24 heavy (non-hydrogen) atoms. The Morgan fingerprint density at radius 2 is 2.00 bits per heavy atom. The Hall–Kier alpha value is -1.88. The highest BCUT2D eigenvalue weighted by Crippen LogP contribution is 2.23. The Morgan fingerprint density at radius 1 is 1.21 bits per heavy atom. The van der Waals surface area contributed by atoms with Gasteiger partial charge in [-0.2, -0.15) is 0 Å². The van der Waals surface area contributed by atoms with Crippen molar-refractivity contribution in [1.29, 1.82) is 0 Å². The molecule has 2 amide bonds. The van der Waals surface area contributed by atoms with Gasteiger partial charge >= 0.3 is 0 Å². The van der Waals surface area contributed by atoms with Crippen LogP contribution in [0, 0.1) is 5.92 Å². The van der Waals surface area contributed by atoms with Gasteiger partial charge < -0.3 is 16.0 Å². The predicted octanol–water partition coefficient (Wildman–Crippen LogP) is 1.94. The molecule has 2 fully saturated rings. The molecule has 2 aliphatic rings. The highest BCUT2D eigenvalue weighted by Gasteiger charge is 2.25. The van der Waals surface area contributed by atoms with Crippen LogP contribution in [0.25, 0.3) is 0 Å². The minimum absolute atomic E-state index is 0.0427. The number of rotatable bonds is 5. The van der Waals surface area contributed by atoms with E-state index in [2.05, 4.69) is 5.32 Å². The standard InChI is InChI=1S/C19H27N3O2/c20-17-8-3-7-14(11-17)19(24)21-12-15-5-1-2-6-16(15)13-22-10-4-9-18(22)23/h1-2,5-6,14,17H,3-4,7-13,20H2,(H,21,24)/t14-,17-/m1/s1. The normalized spacial score (nSPS) is 24.2. The minimum atomic E-state index is 0.0427. The summed E-state index contributed by atoms with van der Waals surface area (Å²) in [6.07, 6.45) is 5.38. The van der Waals surface area contributed by atoms with Crippen molar-refractivity contribution in [3.8, 4) is 0 Å². The predicted molar refractivity (Wildman–Crippen MR) is 92.9 cm³/mol. The lowest BCUT2D eigenvalue weighted by molar-refractivity contribution is -0.128. The Morgan fingerprint density at radius 3 is 2.71 bits per heavy atom. The summed E-state index contributed by atoms with van der Waals surface area (Å²) < 4.78 is 0. The van der Waals surface area contributed by atoms with Gasteiger partial charge in [-0.15, -0.1) is 0 Å². The molecule has 0 spiro atoms. The van der Waals surface area contributed by atoms with Crippen molar-refractivity contribution >= 4 is 11.8 Å². The lowest BCUT2D eigenvalue weighted by atomic mass is 9.85. The fraction of sp³-hybridized carbons (Fsp3) is 0.579. The highest BCUT2D eigenvalue weighted by atomic mass is 16.2. The summed E-state index contributed by atoms with van der Waals surface area (Å²) in [5.74, 6) is 0.378. The Labute approximate surface area is 143 Å². The molecule has 1 aliphatic heterocycles. The second-order valence-electron chi connectivity index (χ2n) is 7.03. The molecule has 2 atom stereocenters. The molecule has 0 bridgehead atoms. The van der Waals surface area contributed by atoms with E-state index in [0.717, 1.165) is 49.8 Å². The Kier molecular flexibility index (Phi) is 5.51. The zero-order valence-electron chi connectivity index (χ0n) is 14.2. The van der Waals surface area contributed by atoms with Crippen molar-refractivity contribution in [3.05, 3.63) is 35.4 Å². The fourth-order valence-electron chi connectivity index (χ4n) is 3.75. The third kappa shape index (κ3) is 4.15. The first-order valence-corrected chi connectivity index (χ1v) is 9.01. The van der Waals surface area contributed by atoms with Crippen LogP contribution in [0.1, 0.15) is 49.7 Å². The van der Waals surface area contributed by atoms with E-state index in [1.807, 2.05) is 29.2 Å². The lowest BCUT2D eigenvalue weighted by Gasteiger charge is -2.26. The largest absolute Gasteiger partial charge is 0.352 e. The van der Waals surface area contributed by atoms with E-state index in [0.29, 0.717) is 19.5 Å². The molecular formula is C19H27N3O2. The second-order valence-corrected chi connectivity index (χ2v) is 7.03. The Balaban J connectivity index is 1.58. The number of nitrogens with zero attached hydrogens (tertiary/aromatic N) is 1. The van der Waals surface area contributed by atoms with Crippen LogP contribution >= 0.6 is 0 Å². The van der Waals surface area contributed by atoms with Crippen LogP contribution in [0.3, 0.4) is 0 Å². The number of hydrogen-bond acceptors (Lipinski definition) is 3. The molecule has 1 aromatic rings. The van der Waals surface area contributed by atoms with Gasteiger partial charge in [0.2, 0.25) is 11.8 Å². The van der Waals surface area contributed by atoms with Crippen LogP contribution in [0.5, 0.6) is 0 Å². The molecule has 0 aromatic heterocycles. The van der Waals surface area contributed by atoms with E-state index in [1.54, 1.807) is 0 Å². The van der Waals surface area contributed by atoms with Gasteiger partial charge in [0, 0.05) is 38.0 Å². The summed E-state index contributed by atoms with van der Waals surface area (Å²) >= 11 is 0. The summed E-state index contributed by atoms with van der Waals surface area (Å²) in [7, 11) is 0. The zero-order chi connectivity index (χ0) is 16.9. The van der Waals surface area contributed by atoms with Gasteiger partial charge in [-0.3, -0.25) is 9.59 Å². The van der Waals surface area contributed by atoms with Crippen LogP contribution in [-0.2, 0) is 22.7 Å². The average Bonchev–Trinajstić information content (AvgIpc) is 2.99. The summed E-state index contributed by atoms with van der Waals surface area (Å²) in [6, 6.07) is 8.20. The summed E-state index contributed by atoms with van der Waals surface area (Å²) in [5.41, 5.74) is 8.19. The molecule has 1 saturated carbocycles. The van der Waals surface area contributed by atoms with Crippen molar-refractivity contribution in [2.24, 2.45) is 11.7 Å². The third-order valence-corrected chi connectivity index (χ3v) is 5.19. The maximum Gasteiger partial charge on any atom is 0.223 e. The molecular weight excluding hydrogens is 302 g/mol. The van der Waals surface area contributed by atoms with E-state index in [1.165, 1.54) is 0 Å². The van der Waals surface area contributed by atoms with E-state index in [4.69, 9.17) is 5.73 Å². The van der Waals surface area contributed by atoms with Crippen LogP contribution in [-0.4, -0.2) is 29.3 Å². The monoisotopic (exact) mass is 329 g/mol. The first kappa shape index (κ1) is 17.0. The van der Waals surface area contributed by atoms with Crippen molar-refractivity contribution in [3.63, 3.8) is 0 Å². The SMILES string of the molecule is N[C@@H]1CCC[C@@H](C(=O)NCc2ccccc2CN2CCCC2=O)C1. The molecule has 1 aromatic carbocycles. The molecule has 5 heteroatoms. The fourth-order valence-corrected chi connectivity index (χ4v) is 3.75. The van der Waals surface area contributed by atoms with Gasteiger partial charge in [-0.25, -0.2) is 0 Å². The number of likely N-dealkylation sites (tertiary alicyclic amines) is 1. The molecule has 3 rings (SSSR count). The maximum atomic E-state index is 12.4. The quantitative estimate of drug-likeness (QED) is 0.867. The second kappa shape index (κ2) is 7.79. The number of nitrogens with one attached hydrogen (secondary N) is 1. The molecule has 130 valence electrons. The number of carbonyl (C=O) groups is 2. The summed E-state index contributed by atoms with van der Waals surface area (Å²) in [4.78, 5) is 26.1. The van der Waals surface area contributed by atoms with E-state index in [9.17, 15) is 9.59 Å². The average molecular weight is 329 g/mol. The summed E-state index contributed by atoms with van der Waals surface area (Å²) in [5, 5.41) is 3.07. The maximum absolute atomic E-state index is 12.4. The third-order valence-electron chi connectivity index (χ3n) is 5.19. The summed E-state index contributed by atoms with van der Waals surface area (Å²) in [6.45, 7) is 1.99. The number of amides is 2.